The van der Waals surface area contributed by atoms with Crippen molar-refractivity contribution in [2.75, 3.05) is 7.11 Å². The van der Waals surface area contributed by atoms with E-state index in [1.165, 1.54) is 0 Å². The molecular formula is C8H15F2OP. The largest absolute Gasteiger partial charge is 0.381 e. The first kappa shape index (κ1) is 10.3. The third-order valence-electron chi connectivity index (χ3n) is 2.55. The van der Waals surface area contributed by atoms with Gasteiger partial charge in [-0.15, -0.1) is 0 Å². The van der Waals surface area contributed by atoms with Crippen molar-refractivity contribution < 1.29 is 13.5 Å². The van der Waals surface area contributed by atoms with Crippen LogP contribution in [0.15, 0.2) is 0 Å². The zero-order valence-electron chi connectivity index (χ0n) is 7.22. The van der Waals surface area contributed by atoms with E-state index in [1.54, 1.807) is 16.3 Å². The highest BCUT2D eigenvalue weighted by Crippen LogP contribution is 2.41. The highest BCUT2D eigenvalue weighted by Gasteiger charge is 2.36. The van der Waals surface area contributed by atoms with Crippen molar-refractivity contribution in [1.29, 1.82) is 0 Å². The fourth-order valence-electron chi connectivity index (χ4n) is 1.68. The van der Waals surface area contributed by atoms with Gasteiger partial charge < -0.3 is 4.74 Å². The van der Waals surface area contributed by atoms with Crippen LogP contribution in [-0.2, 0) is 4.74 Å². The molecule has 0 radical (unpaired) electrons. The number of alkyl halides is 2. The molecule has 1 rings (SSSR count). The van der Waals surface area contributed by atoms with Gasteiger partial charge in [0, 0.05) is 13.0 Å². The lowest BCUT2D eigenvalue weighted by Crippen LogP contribution is -2.29. The van der Waals surface area contributed by atoms with E-state index in [0.717, 1.165) is 12.8 Å². The fourth-order valence-corrected chi connectivity index (χ4v) is 2.02. The molecule has 0 aromatic carbocycles. The Morgan fingerprint density at radius 3 is 2.08 bits per heavy atom. The molecule has 1 aliphatic rings. The van der Waals surface area contributed by atoms with Gasteiger partial charge in [0.15, 0.2) is 0 Å². The van der Waals surface area contributed by atoms with Crippen LogP contribution in [0.4, 0.5) is 8.78 Å². The molecule has 72 valence electrons. The first-order valence-corrected chi connectivity index (χ1v) is 4.81. The lowest BCUT2D eigenvalue weighted by Gasteiger charge is -2.30. The van der Waals surface area contributed by atoms with Gasteiger partial charge in [-0.2, -0.15) is 0 Å². The molecule has 0 saturated heterocycles. The predicted octanol–water partition coefficient (Wildman–Crippen LogP) is 2.66. The van der Waals surface area contributed by atoms with E-state index in [2.05, 4.69) is 0 Å². The molecule has 0 spiro atoms. The van der Waals surface area contributed by atoms with Gasteiger partial charge in [-0.05, 0) is 25.7 Å². The Balaban J connectivity index is 2.36. The molecule has 0 aromatic rings. The summed E-state index contributed by atoms with van der Waals surface area (Å²) >= 11 is 0. The topological polar surface area (TPSA) is 9.23 Å². The smallest absolute Gasteiger partial charge is 0.261 e. The van der Waals surface area contributed by atoms with Crippen LogP contribution in [0.25, 0.3) is 0 Å². The molecule has 1 unspecified atom stereocenters. The standard InChI is InChI=1S/C8H15F2OP/c1-11-7-4-2-6(3-5-7)8(9,10)12/h6-7H,2-5,12H2,1H3. The highest BCUT2D eigenvalue weighted by molar-refractivity contribution is 7.18. The minimum absolute atomic E-state index is 0.202. The first-order valence-electron chi connectivity index (χ1n) is 4.23. The lowest BCUT2D eigenvalue weighted by molar-refractivity contribution is -0.0166. The number of ether oxygens (including phenoxy) is 1. The van der Waals surface area contributed by atoms with Crippen molar-refractivity contribution in [3.63, 3.8) is 0 Å². The molecule has 1 nitrogen and oxygen atoms in total. The first-order chi connectivity index (χ1) is 5.54. The van der Waals surface area contributed by atoms with E-state index in [4.69, 9.17) is 4.74 Å². The van der Waals surface area contributed by atoms with Crippen molar-refractivity contribution in [1.82, 2.24) is 0 Å². The fraction of sp³-hybridized carbons (Fsp3) is 1.00. The SMILES string of the molecule is COC1CCC(C(F)(F)P)CC1. The third-order valence-corrected chi connectivity index (χ3v) is 3.02. The van der Waals surface area contributed by atoms with Crippen molar-refractivity contribution in [3.8, 4) is 0 Å². The normalized spacial score (nSPS) is 32.0. The predicted molar refractivity (Wildman–Crippen MR) is 47.4 cm³/mol. The summed E-state index contributed by atoms with van der Waals surface area (Å²) in [4.78, 5) is 0. The number of rotatable bonds is 2. The summed E-state index contributed by atoms with van der Waals surface area (Å²) in [6.45, 7) is 0. The van der Waals surface area contributed by atoms with Gasteiger partial charge in [0.2, 0.25) is 0 Å². The quantitative estimate of drug-likeness (QED) is 0.617. The van der Waals surface area contributed by atoms with Crippen LogP contribution in [0.5, 0.6) is 0 Å². The molecule has 0 aliphatic heterocycles. The van der Waals surface area contributed by atoms with E-state index in [-0.39, 0.29) is 6.10 Å². The van der Waals surface area contributed by atoms with Gasteiger partial charge in [0.05, 0.1) is 6.10 Å². The van der Waals surface area contributed by atoms with Crippen LogP contribution in [0.1, 0.15) is 25.7 Å². The zero-order chi connectivity index (χ0) is 9.19. The van der Waals surface area contributed by atoms with Crippen LogP contribution in [0.2, 0.25) is 0 Å². The molecule has 1 atom stereocenters. The molecule has 4 heteroatoms. The Bertz CT molecular complexity index is 138. The summed E-state index contributed by atoms with van der Waals surface area (Å²) in [5.41, 5.74) is -2.58. The van der Waals surface area contributed by atoms with E-state index < -0.39 is 11.6 Å². The van der Waals surface area contributed by atoms with Gasteiger partial charge >= 0.3 is 0 Å². The monoisotopic (exact) mass is 196 g/mol. The summed E-state index contributed by atoms with van der Waals surface area (Å²) in [5, 5.41) is 0. The van der Waals surface area contributed by atoms with Crippen LogP contribution >= 0.6 is 9.24 Å². The minimum atomic E-state index is -2.58. The molecule has 0 heterocycles. The zero-order valence-corrected chi connectivity index (χ0v) is 8.38. The molecule has 1 aliphatic carbocycles. The second-order valence-corrected chi connectivity index (χ2v) is 4.15. The summed E-state index contributed by atoms with van der Waals surface area (Å²) in [5.74, 6) is -0.464. The van der Waals surface area contributed by atoms with Crippen LogP contribution in [0.3, 0.4) is 0 Å². The van der Waals surface area contributed by atoms with Gasteiger partial charge in [-0.3, -0.25) is 0 Å². The molecule has 1 fully saturated rings. The molecule has 0 N–H and O–H groups in total. The Morgan fingerprint density at radius 1 is 1.25 bits per heavy atom. The van der Waals surface area contributed by atoms with Gasteiger partial charge in [-0.25, -0.2) is 8.78 Å². The van der Waals surface area contributed by atoms with Crippen molar-refractivity contribution in [2.45, 2.75) is 37.5 Å². The summed E-state index contributed by atoms with van der Waals surface area (Å²) in [6, 6.07) is 0. The van der Waals surface area contributed by atoms with Crippen LogP contribution in [0, 0.1) is 5.92 Å². The maximum Gasteiger partial charge on any atom is 0.261 e. The van der Waals surface area contributed by atoms with E-state index in [1.807, 2.05) is 0 Å². The summed E-state index contributed by atoms with van der Waals surface area (Å²) in [6.07, 6.45) is 2.90. The van der Waals surface area contributed by atoms with Gasteiger partial charge in [0.25, 0.3) is 5.66 Å². The van der Waals surface area contributed by atoms with E-state index in [0.29, 0.717) is 12.8 Å². The number of halogens is 2. The Kier molecular flexibility index (Phi) is 3.42. The molecule has 0 amide bonds. The van der Waals surface area contributed by atoms with Gasteiger partial charge in [0.1, 0.15) is 0 Å². The second-order valence-electron chi connectivity index (χ2n) is 3.38. The average molecular weight is 196 g/mol. The number of hydrogen-bond donors (Lipinski definition) is 0. The molecule has 12 heavy (non-hydrogen) atoms. The summed E-state index contributed by atoms with van der Waals surface area (Å²) < 4.78 is 30.6. The third kappa shape index (κ3) is 2.63. The molecular weight excluding hydrogens is 181 g/mol. The maximum atomic E-state index is 12.8. The number of methoxy groups -OCH3 is 1. The van der Waals surface area contributed by atoms with Crippen molar-refractivity contribution in [2.24, 2.45) is 5.92 Å². The summed E-state index contributed by atoms with van der Waals surface area (Å²) in [7, 11) is 3.28. The van der Waals surface area contributed by atoms with Gasteiger partial charge in [-0.1, -0.05) is 9.24 Å². The Hall–Kier alpha value is 0.250. The maximum absolute atomic E-state index is 12.8. The van der Waals surface area contributed by atoms with E-state index >= 15 is 0 Å². The van der Waals surface area contributed by atoms with Crippen LogP contribution < -0.4 is 0 Å². The van der Waals surface area contributed by atoms with E-state index in [9.17, 15) is 8.78 Å². The second kappa shape index (κ2) is 3.97. The van der Waals surface area contributed by atoms with Crippen molar-refractivity contribution in [3.05, 3.63) is 0 Å². The van der Waals surface area contributed by atoms with Crippen molar-refractivity contribution >= 4 is 9.24 Å². The molecule has 0 bridgehead atoms. The Morgan fingerprint density at radius 2 is 1.75 bits per heavy atom. The Labute approximate surface area is 74.1 Å². The molecule has 0 aromatic heterocycles. The minimum Gasteiger partial charge on any atom is -0.381 e. The average Bonchev–Trinajstić information content (AvgIpc) is 2.03. The number of hydrogen-bond acceptors (Lipinski definition) is 1. The molecule has 1 saturated carbocycles. The highest BCUT2D eigenvalue weighted by atomic mass is 31.0. The van der Waals surface area contributed by atoms with Crippen LogP contribution in [-0.4, -0.2) is 18.9 Å². The lowest BCUT2D eigenvalue weighted by atomic mass is 9.87.